The normalized spacial score (nSPS) is 11.9. The largest absolute Gasteiger partial charge is 0.534 e. The molecule has 0 bridgehead atoms. The van der Waals surface area contributed by atoms with Gasteiger partial charge < -0.3 is 9.50 Å². The molecule has 2 rings (SSSR count). The molecule has 0 atom stereocenters. The third-order valence-corrected chi connectivity index (χ3v) is 4.15. The van der Waals surface area contributed by atoms with Crippen molar-refractivity contribution in [3.05, 3.63) is 47.5 Å². The number of alkyl halides is 3. The standard InChI is InChI=1S/C15H11ClF3NO4S/c1-9(21)20-13-5-3-2-4-11(13)12-8-10(16)6-7-14(12)24-25(22,23)15(17,18)19/h2-8H,1H3,(H,20,21). The van der Waals surface area contributed by atoms with Crippen LogP contribution in [0.15, 0.2) is 42.5 Å². The van der Waals surface area contributed by atoms with Crippen molar-refractivity contribution in [3.63, 3.8) is 0 Å². The van der Waals surface area contributed by atoms with Crippen molar-refractivity contribution in [2.45, 2.75) is 12.4 Å². The number of anilines is 1. The van der Waals surface area contributed by atoms with Gasteiger partial charge in [-0.2, -0.15) is 21.6 Å². The number of nitrogens with one attached hydrogen (secondary N) is 1. The van der Waals surface area contributed by atoms with Crippen LogP contribution in [0, 0.1) is 0 Å². The molecule has 134 valence electrons. The first-order valence-corrected chi connectivity index (χ1v) is 8.47. The zero-order valence-corrected chi connectivity index (χ0v) is 14.2. The number of para-hydroxylation sites is 1. The summed E-state index contributed by atoms with van der Waals surface area (Å²) in [6, 6.07) is 9.56. The smallest absolute Gasteiger partial charge is 0.375 e. The molecular weight excluding hydrogens is 383 g/mol. The van der Waals surface area contributed by atoms with Crippen LogP contribution in [0.3, 0.4) is 0 Å². The van der Waals surface area contributed by atoms with E-state index in [1.807, 2.05) is 0 Å². The number of hydrogen-bond donors (Lipinski definition) is 1. The van der Waals surface area contributed by atoms with Gasteiger partial charge in [0.15, 0.2) is 5.75 Å². The number of carbonyl (C=O) groups is 1. The van der Waals surface area contributed by atoms with Crippen LogP contribution in [0.1, 0.15) is 6.92 Å². The van der Waals surface area contributed by atoms with Crippen LogP contribution in [-0.4, -0.2) is 19.8 Å². The second kappa shape index (κ2) is 6.93. The molecule has 1 amide bonds. The summed E-state index contributed by atoms with van der Waals surface area (Å²) in [5, 5.41) is 2.65. The predicted octanol–water partition coefficient (Wildman–Crippen LogP) is 4.19. The van der Waals surface area contributed by atoms with Crippen molar-refractivity contribution < 1.29 is 30.6 Å². The Balaban J connectivity index is 2.60. The summed E-state index contributed by atoms with van der Waals surface area (Å²) in [7, 11) is -5.86. The maximum Gasteiger partial charge on any atom is 0.534 e. The molecule has 0 spiro atoms. The fourth-order valence-electron chi connectivity index (χ4n) is 1.97. The van der Waals surface area contributed by atoms with E-state index in [1.165, 1.54) is 31.2 Å². The van der Waals surface area contributed by atoms with Gasteiger partial charge in [0.2, 0.25) is 5.91 Å². The van der Waals surface area contributed by atoms with Crippen molar-refractivity contribution in [1.82, 2.24) is 0 Å². The van der Waals surface area contributed by atoms with Crippen LogP contribution < -0.4 is 9.50 Å². The second-order valence-electron chi connectivity index (χ2n) is 4.85. The van der Waals surface area contributed by atoms with Crippen molar-refractivity contribution in [3.8, 4) is 16.9 Å². The Hall–Kier alpha value is -2.26. The lowest BCUT2D eigenvalue weighted by Gasteiger charge is -2.16. The van der Waals surface area contributed by atoms with Gasteiger partial charge in [-0.15, -0.1) is 0 Å². The summed E-state index contributed by atoms with van der Waals surface area (Å²) in [6.45, 7) is 1.25. The zero-order chi connectivity index (χ0) is 18.8. The number of hydrogen-bond acceptors (Lipinski definition) is 4. The molecule has 25 heavy (non-hydrogen) atoms. The molecule has 2 aromatic rings. The van der Waals surface area contributed by atoms with Gasteiger partial charge in [-0.1, -0.05) is 29.8 Å². The third-order valence-electron chi connectivity index (χ3n) is 2.95. The number of halogens is 4. The predicted molar refractivity (Wildman–Crippen MR) is 86.8 cm³/mol. The molecule has 5 nitrogen and oxygen atoms in total. The van der Waals surface area contributed by atoms with Gasteiger partial charge in [0.1, 0.15) is 0 Å². The molecule has 0 aliphatic rings. The Kier molecular flexibility index (Phi) is 5.28. The molecule has 0 saturated carbocycles. The molecule has 0 heterocycles. The van der Waals surface area contributed by atoms with Crippen molar-refractivity contribution in [2.75, 3.05) is 5.32 Å². The molecular formula is C15H11ClF3NO4S. The van der Waals surface area contributed by atoms with Crippen molar-refractivity contribution in [2.24, 2.45) is 0 Å². The SMILES string of the molecule is CC(=O)Nc1ccccc1-c1cc(Cl)ccc1OS(=O)(=O)C(F)(F)F. The summed E-state index contributed by atoms with van der Waals surface area (Å²) in [6.07, 6.45) is 0. The second-order valence-corrected chi connectivity index (χ2v) is 6.82. The van der Waals surface area contributed by atoms with E-state index in [0.29, 0.717) is 0 Å². The average Bonchev–Trinajstić information content (AvgIpc) is 2.48. The molecule has 0 saturated heterocycles. The van der Waals surface area contributed by atoms with E-state index in [9.17, 15) is 26.4 Å². The Morgan fingerprint density at radius 2 is 1.76 bits per heavy atom. The highest BCUT2D eigenvalue weighted by atomic mass is 35.5. The molecule has 0 unspecified atom stereocenters. The number of rotatable bonds is 4. The summed E-state index contributed by atoms with van der Waals surface area (Å²) < 4.78 is 64.6. The van der Waals surface area contributed by atoms with E-state index in [2.05, 4.69) is 9.50 Å². The molecule has 0 radical (unpaired) electrons. The zero-order valence-electron chi connectivity index (χ0n) is 12.6. The van der Waals surface area contributed by atoms with Crippen LogP contribution in [0.5, 0.6) is 5.75 Å². The Morgan fingerprint density at radius 1 is 1.12 bits per heavy atom. The number of amides is 1. The summed E-state index contributed by atoms with van der Waals surface area (Å²) in [5.74, 6) is -0.987. The molecule has 0 aliphatic heterocycles. The Morgan fingerprint density at radius 3 is 2.36 bits per heavy atom. The van der Waals surface area contributed by atoms with E-state index < -0.39 is 27.3 Å². The van der Waals surface area contributed by atoms with Crippen LogP contribution >= 0.6 is 11.6 Å². The van der Waals surface area contributed by atoms with Gasteiger partial charge >= 0.3 is 15.6 Å². The molecule has 0 aliphatic carbocycles. The maximum absolute atomic E-state index is 12.6. The molecule has 10 heteroatoms. The first-order chi connectivity index (χ1) is 11.5. The van der Waals surface area contributed by atoms with E-state index in [0.717, 1.165) is 6.07 Å². The Bertz CT molecular complexity index is 913. The average molecular weight is 394 g/mol. The van der Waals surface area contributed by atoms with E-state index >= 15 is 0 Å². The number of carbonyl (C=O) groups excluding carboxylic acids is 1. The molecule has 2 aromatic carbocycles. The van der Waals surface area contributed by atoms with E-state index in [-0.39, 0.29) is 21.8 Å². The van der Waals surface area contributed by atoms with Gasteiger partial charge in [0.25, 0.3) is 0 Å². The highest BCUT2D eigenvalue weighted by Gasteiger charge is 2.48. The first kappa shape index (κ1) is 19.1. The van der Waals surface area contributed by atoms with E-state index in [1.54, 1.807) is 12.1 Å². The van der Waals surface area contributed by atoms with Gasteiger partial charge in [-0.25, -0.2) is 0 Å². The summed E-state index contributed by atoms with van der Waals surface area (Å²) >= 11 is 5.87. The minimum atomic E-state index is -5.86. The summed E-state index contributed by atoms with van der Waals surface area (Å²) in [4.78, 5) is 11.3. The Labute approximate surface area is 146 Å². The highest BCUT2D eigenvalue weighted by Crippen LogP contribution is 2.39. The van der Waals surface area contributed by atoms with Crippen molar-refractivity contribution in [1.29, 1.82) is 0 Å². The fourth-order valence-corrected chi connectivity index (χ4v) is 2.62. The molecule has 0 fully saturated rings. The van der Waals surface area contributed by atoms with Crippen LogP contribution in [0.2, 0.25) is 5.02 Å². The topological polar surface area (TPSA) is 72.5 Å². The molecule has 1 N–H and O–H groups in total. The first-order valence-electron chi connectivity index (χ1n) is 6.68. The van der Waals surface area contributed by atoms with Crippen LogP contribution in [0.4, 0.5) is 18.9 Å². The fraction of sp³-hybridized carbons (Fsp3) is 0.133. The minimum Gasteiger partial charge on any atom is -0.375 e. The van der Waals surface area contributed by atoms with Gasteiger partial charge in [0.05, 0.1) is 0 Å². The van der Waals surface area contributed by atoms with E-state index in [4.69, 9.17) is 11.6 Å². The quantitative estimate of drug-likeness (QED) is 0.624. The highest BCUT2D eigenvalue weighted by molar-refractivity contribution is 7.88. The third kappa shape index (κ3) is 4.43. The lowest BCUT2D eigenvalue weighted by atomic mass is 10.0. The maximum atomic E-state index is 12.6. The van der Waals surface area contributed by atoms with Crippen LogP contribution in [0.25, 0.3) is 11.1 Å². The van der Waals surface area contributed by atoms with Gasteiger partial charge in [0, 0.05) is 28.8 Å². The molecule has 0 aromatic heterocycles. The lowest BCUT2D eigenvalue weighted by Crippen LogP contribution is -2.28. The minimum absolute atomic E-state index is 0.0234. The monoisotopic (exact) mass is 393 g/mol. The van der Waals surface area contributed by atoms with Crippen LogP contribution in [-0.2, 0) is 14.9 Å². The summed E-state index contributed by atoms with van der Waals surface area (Å²) in [5.41, 5.74) is -5.11. The lowest BCUT2D eigenvalue weighted by molar-refractivity contribution is -0.114. The van der Waals surface area contributed by atoms with Gasteiger partial charge in [-0.3, -0.25) is 4.79 Å². The number of benzene rings is 2. The van der Waals surface area contributed by atoms with Gasteiger partial charge in [-0.05, 0) is 24.3 Å². The van der Waals surface area contributed by atoms with Crippen molar-refractivity contribution >= 4 is 33.3 Å².